The summed E-state index contributed by atoms with van der Waals surface area (Å²) in [5.41, 5.74) is 2.32. The molecule has 0 aliphatic rings. The minimum atomic E-state index is -0.391. The van der Waals surface area contributed by atoms with Crippen LogP contribution in [-0.2, 0) is 0 Å². The van der Waals surface area contributed by atoms with Crippen LogP contribution in [0, 0.1) is 0 Å². The molecule has 5 nitrogen and oxygen atoms in total. The van der Waals surface area contributed by atoms with E-state index in [1.165, 1.54) is 12.5 Å². The molecule has 0 aromatic carbocycles. The summed E-state index contributed by atoms with van der Waals surface area (Å²) in [6.07, 6.45) is 7.83. The maximum absolute atomic E-state index is 11.3. The van der Waals surface area contributed by atoms with Crippen LogP contribution in [0.4, 0.5) is 0 Å². The van der Waals surface area contributed by atoms with Crippen molar-refractivity contribution in [2.75, 3.05) is 0 Å². The number of furan rings is 2. The van der Waals surface area contributed by atoms with Crippen molar-refractivity contribution in [2.45, 2.75) is 0 Å². The summed E-state index contributed by atoms with van der Waals surface area (Å²) >= 11 is 0. The maximum atomic E-state index is 11.3. The van der Waals surface area contributed by atoms with Gasteiger partial charge in [-0.3, -0.25) is 4.79 Å². The minimum absolute atomic E-state index is 0.220. The normalized spacial score (nSPS) is 11.3. The zero-order valence-corrected chi connectivity index (χ0v) is 8.87. The average Bonchev–Trinajstić information content (AvgIpc) is 3.01. The van der Waals surface area contributed by atoms with Gasteiger partial charge in [-0.15, -0.1) is 0 Å². The lowest BCUT2D eigenvalue weighted by atomic mass is 10.4. The van der Waals surface area contributed by atoms with Crippen molar-refractivity contribution >= 4 is 18.2 Å². The highest BCUT2D eigenvalue weighted by Gasteiger charge is 2.05. The lowest BCUT2D eigenvalue weighted by Gasteiger charge is -1.92. The molecule has 5 heteroatoms. The van der Waals surface area contributed by atoms with E-state index in [0.29, 0.717) is 5.76 Å². The van der Waals surface area contributed by atoms with E-state index in [9.17, 15) is 4.79 Å². The van der Waals surface area contributed by atoms with Gasteiger partial charge in [0.05, 0.1) is 12.5 Å². The van der Waals surface area contributed by atoms with Gasteiger partial charge in [0.2, 0.25) is 0 Å². The van der Waals surface area contributed by atoms with Gasteiger partial charge >= 0.3 is 5.91 Å². The van der Waals surface area contributed by atoms with E-state index in [1.54, 1.807) is 36.6 Å². The van der Waals surface area contributed by atoms with Gasteiger partial charge in [-0.2, -0.15) is 5.10 Å². The van der Waals surface area contributed by atoms with Crippen LogP contribution >= 0.6 is 0 Å². The molecule has 0 radical (unpaired) electrons. The van der Waals surface area contributed by atoms with Gasteiger partial charge in [0, 0.05) is 6.21 Å². The standard InChI is InChI=1S/C12H10N2O3/c15-12(11-6-3-9-17-11)14-13-7-1-4-10-5-2-8-16-10/h1-9H,(H,14,15)/b4-1-,13-7-. The highest BCUT2D eigenvalue weighted by atomic mass is 16.3. The molecule has 0 saturated carbocycles. The minimum Gasteiger partial charge on any atom is -0.465 e. The lowest BCUT2D eigenvalue weighted by molar-refractivity contribution is 0.0927. The van der Waals surface area contributed by atoms with Crippen molar-refractivity contribution in [3.63, 3.8) is 0 Å². The molecule has 2 rings (SSSR count). The molecule has 1 amide bonds. The third-order valence-corrected chi connectivity index (χ3v) is 1.88. The van der Waals surface area contributed by atoms with Crippen LogP contribution in [0.5, 0.6) is 0 Å². The van der Waals surface area contributed by atoms with Crippen LogP contribution in [0.2, 0.25) is 0 Å². The number of hydrazone groups is 1. The third kappa shape index (κ3) is 3.20. The number of hydrogen-bond acceptors (Lipinski definition) is 4. The first-order valence-corrected chi connectivity index (χ1v) is 4.93. The first kappa shape index (κ1) is 10.9. The van der Waals surface area contributed by atoms with E-state index in [-0.39, 0.29) is 5.76 Å². The molecule has 0 aliphatic heterocycles. The molecule has 0 fully saturated rings. The van der Waals surface area contributed by atoms with Crippen molar-refractivity contribution < 1.29 is 13.6 Å². The van der Waals surface area contributed by atoms with Crippen molar-refractivity contribution in [3.05, 3.63) is 54.4 Å². The van der Waals surface area contributed by atoms with Gasteiger partial charge in [0.1, 0.15) is 5.76 Å². The second kappa shape index (κ2) is 5.50. The Hall–Kier alpha value is -2.56. The first-order chi connectivity index (χ1) is 8.36. The topological polar surface area (TPSA) is 67.7 Å². The van der Waals surface area contributed by atoms with Crippen LogP contribution in [0.3, 0.4) is 0 Å². The molecule has 86 valence electrons. The Bertz CT molecular complexity index is 510. The molecule has 17 heavy (non-hydrogen) atoms. The molecule has 2 aromatic rings. The van der Waals surface area contributed by atoms with Gasteiger partial charge in [-0.05, 0) is 36.4 Å². The molecular formula is C12H10N2O3. The summed E-state index contributed by atoms with van der Waals surface area (Å²) in [4.78, 5) is 11.3. The van der Waals surface area contributed by atoms with Crippen LogP contribution in [-0.4, -0.2) is 12.1 Å². The number of nitrogens with zero attached hydrogens (tertiary/aromatic N) is 1. The Kier molecular flexibility index (Phi) is 3.54. The third-order valence-electron chi connectivity index (χ3n) is 1.88. The zero-order chi connectivity index (χ0) is 11.9. The van der Waals surface area contributed by atoms with Gasteiger partial charge in [-0.1, -0.05) is 0 Å². The number of hydrogen-bond donors (Lipinski definition) is 1. The summed E-state index contributed by atoms with van der Waals surface area (Å²) in [6.45, 7) is 0. The largest absolute Gasteiger partial charge is 0.465 e. The molecule has 0 aliphatic carbocycles. The number of carbonyl (C=O) groups is 1. The van der Waals surface area contributed by atoms with E-state index in [0.717, 1.165) is 0 Å². The molecule has 0 saturated heterocycles. The molecule has 0 bridgehead atoms. The Labute approximate surface area is 97.4 Å². The van der Waals surface area contributed by atoms with Gasteiger partial charge in [0.15, 0.2) is 5.76 Å². The summed E-state index contributed by atoms with van der Waals surface area (Å²) < 4.78 is 9.96. The second-order valence-electron chi connectivity index (χ2n) is 3.07. The molecular weight excluding hydrogens is 220 g/mol. The monoisotopic (exact) mass is 230 g/mol. The molecule has 1 N–H and O–H groups in total. The zero-order valence-electron chi connectivity index (χ0n) is 8.87. The summed E-state index contributed by atoms with van der Waals surface area (Å²) in [5, 5.41) is 3.71. The number of amides is 1. The Morgan fingerprint density at radius 1 is 1.24 bits per heavy atom. The summed E-state index contributed by atoms with van der Waals surface area (Å²) in [7, 11) is 0. The number of nitrogens with one attached hydrogen (secondary N) is 1. The molecule has 0 spiro atoms. The number of rotatable bonds is 4. The van der Waals surface area contributed by atoms with Crippen molar-refractivity contribution in [1.29, 1.82) is 0 Å². The van der Waals surface area contributed by atoms with E-state index in [2.05, 4.69) is 10.5 Å². The fourth-order valence-electron chi connectivity index (χ4n) is 1.13. The van der Waals surface area contributed by atoms with E-state index in [1.807, 2.05) is 6.07 Å². The van der Waals surface area contributed by atoms with Gasteiger partial charge in [-0.25, -0.2) is 5.43 Å². The molecule has 0 atom stereocenters. The predicted molar refractivity (Wildman–Crippen MR) is 62.4 cm³/mol. The van der Waals surface area contributed by atoms with Crippen molar-refractivity contribution in [3.8, 4) is 0 Å². The highest BCUT2D eigenvalue weighted by molar-refractivity contribution is 5.92. The fourth-order valence-corrected chi connectivity index (χ4v) is 1.13. The maximum Gasteiger partial charge on any atom is 0.307 e. The molecule has 2 aromatic heterocycles. The van der Waals surface area contributed by atoms with E-state index < -0.39 is 5.91 Å². The van der Waals surface area contributed by atoms with Crippen LogP contribution < -0.4 is 5.43 Å². The van der Waals surface area contributed by atoms with Crippen molar-refractivity contribution in [1.82, 2.24) is 5.43 Å². The first-order valence-electron chi connectivity index (χ1n) is 4.93. The fraction of sp³-hybridized carbons (Fsp3) is 0. The van der Waals surface area contributed by atoms with Crippen LogP contribution in [0.15, 0.2) is 56.8 Å². The smallest absolute Gasteiger partial charge is 0.307 e. The van der Waals surface area contributed by atoms with Crippen LogP contribution in [0.1, 0.15) is 16.3 Å². The van der Waals surface area contributed by atoms with Crippen LogP contribution in [0.25, 0.3) is 6.08 Å². The number of allylic oxidation sites excluding steroid dienone is 1. The van der Waals surface area contributed by atoms with Gasteiger partial charge < -0.3 is 8.83 Å². The Balaban J connectivity index is 1.80. The van der Waals surface area contributed by atoms with E-state index in [4.69, 9.17) is 8.83 Å². The second-order valence-corrected chi connectivity index (χ2v) is 3.07. The van der Waals surface area contributed by atoms with E-state index >= 15 is 0 Å². The highest BCUT2D eigenvalue weighted by Crippen LogP contribution is 2.01. The van der Waals surface area contributed by atoms with Crippen molar-refractivity contribution in [2.24, 2.45) is 5.10 Å². The Morgan fingerprint density at radius 2 is 2.06 bits per heavy atom. The predicted octanol–water partition coefficient (Wildman–Crippen LogP) is 2.30. The summed E-state index contributed by atoms with van der Waals surface area (Å²) in [6, 6.07) is 6.79. The quantitative estimate of drug-likeness (QED) is 0.647. The molecule has 0 unspecified atom stereocenters. The SMILES string of the molecule is O=C(N/N=C\C=C/c1ccco1)c1ccco1. The Morgan fingerprint density at radius 3 is 2.76 bits per heavy atom. The lowest BCUT2D eigenvalue weighted by Crippen LogP contribution is -2.16. The summed E-state index contributed by atoms with van der Waals surface area (Å²) in [5.74, 6) is 0.545. The average molecular weight is 230 g/mol. The van der Waals surface area contributed by atoms with Gasteiger partial charge in [0.25, 0.3) is 0 Å². The number of carbonyl (C=O) groups excluding carboxylic acids is 1. The molecule has 2 heterocycles.